The molecule has 0 aromatic heterocycles. The summed E-state index contributed by atoms with van der Waals surface area (Å²) < 4.78 is 31.7. The van der Waals surface area contributed by atoms with Crippen LogP contribution in [0.5, 0.6) is 0 Å². The molecule has 0 heterocycles. The molecule has 152 valence electrons. The molecule has 7 heteroatoms. The highest BCUT2D eigenvalue weighted by molar-refractivity contribution is 5.98. The summed E-state index contributed by atoms with van der Waals surface area (Å²) in [5.41, 5.74) is 2.65. The topological polar surface area (TPSA) is 72.5 Å². The number of Topliss-reactive ketones (excluding diaryl/α,β-unsaturated/α-hetero) is 1. The smallest absolute Gasteiger partial charge is 0.307 e. The summed E-state index contributed by atoms with van der Waals surface area (Å²) in [7, 11) is 0. The zero-order valence-electron chi connectivity index (χ0n) is 16.0. The van der Waals surface area contributed by atoms with Crippen molar-refractivity contribution in [2.75, 3.05) is 5.32 Å². The number of rotatable bonds is 7. The molecular formula is C22H21F2NO4. The lowest BCUT2D eigenvalue weighted by Crippen LogP contribution is -2.30. The van der Waals surface area contributed by atoms with Gasteiger partial charge in [0.2, 0.25) is 0 Å². The third kappa shape index (κ3) is 5.25. The Morgan fingerprint density at radius 2 is 1.79 bits per heavy atom. The average molecular weight is 401 g/mol. The van der Waals surface area contributed by atoms with Gasteiger partial charge in [-0.3, -0.25) is 14.4 Å². The monoisotopic (exact) mass is 401 g/mol. The molecule has 3 rings (SSSR count). The zero-order valence-corrected chi connectivity index (χ0v) is 16.0. The number of aryl methyl sites for hydroxylation is 2. The van der Waals surface area contributed by atoms with E-state index in [1.165, 1.54) is 18.1 Å². The van der Waals surface area contributed by atoms with E-state index < -0.39 is 29.6 Å². The standard InChI is InChI=1S/C22H21F2NO4/c1-13(22(28)25-19-12-17(23)7-8-18(19)24)29-21(27)10-9-20(26)16-6-5-14-3-2-4-15(14)11-16/h5-8,11-13H,2-4,9-10H2,1H3,(H,25,28)/t13-/m1/s1. The number of benzene rings is 2. The number of carbonyl (C=O) groups is 3. The fraction of sp³-hybridized carbons (Fsp3) is 0.318. The van der Waals surface area contributed by atoms with Crippen molar-refractivity contribution in [1.82, 2.24) is 0 Å². The second-order valence-electron chi connectivity index (χ2n) is 7.01. The molecule has 29 heavy (non-hydrogen) atoms. The van der Waals surface area contributed by atoms with Gasteiger partial charge in [0.15, 0.2) is 11.9 Å². The molecule has 0 unspecified atom stereocenters. The van der Waals surface area contributed by atoms with Gasteiger partial charge >= 0.3 is 5.97 Å². The molecule has 0 fully saturated rings. The van der Waals surface area contributed by atoms with Crippen LogP contribution in [-0.4, -0.2) is 23.8 Å². The summed E-state index contributed by atoms with van der Waals surface area (Å²) in [6.07, 6.45) is 1.62. The second kappa shape index (κ2) is 8.94. The van der Waals surface area contributed by atoms with Crippen LogP contribution in [0.4, 0.5) is 14.5 Å². The van der Waals surface area contributed by atoms with Gasteiger partial charge < -0.3 is 10.1 Å². The zero-order chi connectivity index (χ0) is 21.0. The minimum atomic E-state index is -1.22. The summed E-state index contributed by atoms with van der Waals surface area (Å²) in [4.78, 5) is 36.3. The molecule has 0 saturated heterocycles. The molecule has 0 bridgehead atoms. The number of esters is 1. The van der Waals surface area contributed by atoms with Gasteiger partial charge in [-0.25, -0.2) is 8.78 Å². The van der Waals surface area contributed by atoms with Crippen molar-refractivity contribution in [1.29, 1.82) is 0 Å². The van der Waals surface area contributed by atoms with Crippen LogP contribution >= 0.6 is 0 Å². The first-order valence-electron chi connectivity index (χ1n) is 9.44. The predicted octanol–water partition coefficient (Wildman–Crippen LogP) is 3.99. The number of amides is 1. The lowest BCUT2D eigenvalue weighted by molar-refractivity contribution is -0.153. The molecule has 2 aromatic rings. The summed E-state index contributed by atoms with van der Waals surface area (Å²) in [5, 5.41) is 2.17. The number of carbonyl (C=O) groups excluding carboxylic acids is 3. The highest BCUT2D eigenvalue weighted by Gasteiger charge is 2.21. The van der Waals surface area contributed by atoms with Crippen LogP contribution < -0.4 is 5.32 Å². The van der Waals surface area contributed by atoms with Gasteiger partial charge in [-0.05, 0) is 55.5 Å². The van der Waals surface area contributed by atoms with E-state index in [1.54, 1.807) is 6.07 Å². The molecule has 1 amide bonds. The number of nitrogens with one attached hydrogen (secondary N) is 1. The molecule has 1 aliphatic rings. The number of halogens is 2. The van der Waals surface area contributed by atoms with Crippen LogP contribution in [0.2, 0.25) is 0 Å². The minimum Gasteiger partial charge on any atom is -0.453 e. The molecule has 1 N–H and O–H groups in total. The lowest BCUT2D eigenvalue weighted by atomic mass is 10.0. The van der Waals surface area contributed by atoms with Gasteiger partial charge in [-0.1, -0.05) is 12.1 Å². The van der Waals surface area contributed by atoms with Crippen molar-refractivity contribution >= 4 is 23.3 Å². The molecule has 0 saturated carbocycles. The number of ketones is 1. The van der Waals surface area contributed by atoms with Crippen LogP contribution in [0.25, 0.3) is 0 Å². The van der Waals surface area contributed by atoms with Gasteiger partial charge in [0, 0.05) is 18.1 Å². The van der Waals surface area contributed by atoms with Crippen LogP contribution in [0, 0.1) is 11.6 Å². The third-order valence-corrected chi connectivity index (χ3v) is 4.84. The Bertz CT molecular complexity index is 958. The maximum Gasteiger partial charge on any atom is 0.307 e. The Balaban J connectivity index is 1.49. The van der Waals surface area contributed by atoms with Crippen molar-refractivity contribution in [3.05, 3.63) is 64.7 Å². The minimum absolute atomic E-state index is 0.0372. The van der Waals surface area contributed by atoms with Crippen LogP contribution in [-0.2, 0) is 27.2 Å². The fourth-order valence-electron chi connectivity index (χ4n) is 3.24. The SMILES string of the molecule is C[C@@H](OC(=O)CCC(=O)c1ccc2c(c1)CCC2)C(=O)Nc1cc(F)ccc1F. The van der Waals surface area contributed by atoms with E-state index in [2.05, 4.69) is 5.32 Å². The summed E-state index contributed by atoms with van der Waals surface area (Å²) in [6, 6.07) is 8.22. The largest absolute Gasteiger partial charge is 0.453 e. The Morgan fingerprint density at radius 3 is 2.59 bits per heavy atom. The highest BCUT2D eigenvalue weighted by Crippen LogP contribution is 2.23. The van der Waals surface area contributed by atoms with Crippen molar-refractivity contribution in [3.8, 4) is 0 Å². The second-order valence-corrected chi connectivity index (χ2v) is 7.01. The normalized spacial score (nSPS) is 13.5. The number of ether oxygens (including phenoxy) is 1. The van der Waals surface area contributed by atoms with E-state index in [0.717, 1.165) is 37.5 Å². The quantitative estimate of drug-likeness (QED) is 0.563. The molecule has 0 aliphatic heterocycles. The Kier molecular flexibility index (Phi) is 6.36. The van der Waals surface area contributed by atoms with E-state index in [9.17, 15) is 23.2 Å². The summed E-state index contributed by atoms with van der Waals surface area (Å²) in [6.45, 7) is 1.31. The van der Waals surface area contributed by atoms with Gasteiger partial charge in [0.25, 0.3) is 5.91 Å². The van der Waals surface area contributed by atoms with Gasteiger partial charge in [-0.15, -0.1) is 0 Å². The van der Waals surface area contributed by atoms with Crippen molar-refractivity contribution in [2.24, 2.45) is 0 Å². The van der Waals surface area contributed by atoms with Gasteiger partial charge in [0.1, 0.15) is 11.6 Å². The molecule has 5 nitrogen and oxygen atoms in total. The number of hydrogen-bond donors (Lipinski definition) is 1. The summed E-state index contributed by atoms with van der Waals surface area (Å²) >= 11 is 0. The first-order chi connectivity index (χ1) is 13.8. The highest BCUT2D eigenvalue weighted by atomic mass is 19.1. The van der Waals surface area contributed by atoms with Crippen LogP contribution in [0.3, 0.4) is 0 Å². The van der Waals surface area contributed by atoms with Crippen molar-refractivity contribution < 1.29 is 27.9 Å². The first kappa shape index (κ1) is 20.6. The molecule has 0 radical (unpaired) electrons. The maximum atomic E-state index is 13.6. The average Bonchev–Trinajstić information content (AvgIpc) is 3.16. The Labute approximate surface area is 167 Å². The molecule has 1 atom stereocenters. The number of hydrogen-bond acceptors (Lipinski definition) is 4. The van der Waals surface area contributed by atoms with E-state index >= 15 is 0 Å². The van der Waals surface area contributed by atoms with Crippen LogP contribution in [0.15, 0.2) is 36.4 Å². The van der Waals surface area contributed by atoms with Crippen molar-refractivity contribution in [2.45, 2.75) is 45.1 Å². The molecule has 1 aliphatic carbocycles. The Hall–Kier alpha value is -3.09. The maximum absolute atomic E-state index is 13.6. The van der Waals surface area contributed by atoms with Gasteiger partial charge in [0.05, 0.1) is 12.1 Å². The lowest BCUT2D eigenvalue weighted by Gasteiger charge is -2.14. The molecule has 2 aromatic carbocycles. The van der Waals surface area contributed by atoms with E-state index in [0.29, 0.717) is 5.56 Å². The summed E-state index contributed by atoms with van der Waals surface area (Å²) in [5.74, 6) is -3.21. The molecular weight excluding hydrogens is 380 g/mol. The third-order valence-electron chi connectivity index (χ3n) is 4.84. The molecule has 0 spiro atoms. The predicted molar refractivity (Wildman–Crippen MR) is 103 cm³/mol. The van der Waals surface area contributed by atoms with E-state index in [4.69, 9.17) is 4.74 Å². The number of fused-ring (bicyclic) bond motifs is 1. The van der Waals surface area contributed by atoms with Gasteiger partial charge in [-0.2, -0.15) is 0 Å². The van der Waals surface area contributed by atoms with E-state index in [-0.39, 0.29) is 24.3 Å². The van der Waals surface area contributed by atoms with Crippen LogP contribution in [0.1, 0.15) is 47.7 Å². The van der Waals surface area contributed by atoms with E-state index in [1.807, 2.05) is 12.1 Å². The first-order valence-corrected chi connectivity index (χ1v) is 9.44. The fourth-order valence-corrected chi connectivity index (χ4v) is 3.24. The van der Waals surface area contributed by atoms with Crippen molar-refractivity contribution in [3.63, 3.8) is 0 Å². The number of anilines is 1. The Morgan fingerprint density at radius 1 is 1.03 bits per heavy atom.